The molecule has 2 N–H and O–H groups in total. The molecule has 2 aromatic carbocycles. The van der Waals surface area contributed by atoms with E-state index in [1.165, 1.54) is 18.3 Å². The molecular formula is C14H10N4O3. The monoisotopic (exact) mass is 282 g/mol. The van der Waals surface area contributed by atoms with Gasteiger partial charge < -0.3 is 5.11 Å². The summed E-state index contributed by atoms with van der Waals surface area (Å²) in [4.78, 5) is 11.8. The number of benzene rings is 2. The second-order valence-corrected chi connectivity index (χ2v) is 4.23. The van der Waals surface area contributed by atoms with E-state index in [1.807, 2.05) is 0 Å². The van der Waals surface area contributed by atoms with Crippen molar-refractivity contribution in [2.75, 3.05) is 0 Å². The Balaban J connectivity index is 1.72. The van der Waals surface area contributed by atoms with E-state index < -0.39 is 5.91 Å². The summed E-state index contributed by atoms with van der Waals surface area (Å²) in [5.41, 5.74) is 4.48. The lowest BCUT2D eigenvalue weighted by molar-refractivity contribution is 0.0952. The number of nitrogens with one attached hydrogen (secondary N) is 1. The van der Waals surface area contributed by atoms with E-state index >= 15 is 0 Å². The summed E-state index contributed by atoms with van der Waals surface area (Å²) in [6.45, 7) is 0. The van der Waals surface area contributed by atoms with E-state index in [0.717, 1.165) is 5.56 Å². The maximum atomic E-state index is 11.8. The molecule has 1 heterocycles. The Morgan fingerprint density at radius 3 is 2.86 bits per heavy atom. The summed E-state index contributed by atoms with van der Waals surface area (Å²) in [5.74, 6) is -0.589. The van der Waals surface area contributed by atoms with Gasteiger partial charge in [0.2, 0.25) is 0 Å². The van der Waals surface area contributed by atoms with E-state index in [0.29, 0.717) is 11.0 Å². The van der Waals surface area contributed by atoms with Crippen molar-refractivity contribution in [3.05, 3.63) is 53.6 Å². The van der Waals surface area contributed by atoms with Crippen LogP contribution in [0, 0.1) is 0 Å². The number of carbonyl (C=O) groups excluding carboxylic acids is 1. The summed E-state index contributed by atoms with van der Waals surface area (Å²) in [5, 5.41) is 20.8. The number of hydrazone groups is 1. The molecule has 0 unspecified atom stereocenters. The number of para-hydroxylation sites is 1. The fraction of sp³-hybridized carbons (Fsp3) is 0. The van der Waals surface area contributed by atoms with Gasteiger partial charge in [0, 0.05) is 0 Å². The third kappa shape index (κ3) is 2.71. The van der Waals surface area contributed by atoms with Crippen molar-refractivity contribution in [3.8, 4) is 5.75 Å². The van der Waals surface area contributed by atoms with Crippen molar-refractivity contribution in [1.29, 1.82) is 0 Å². The number of nitrogens with zero attached hydrogens (tertiary/aromatic N) is 3. The number of rotatable bonds is 3. The van der Waals surface area contributed by atoms with Crippen LogP contribution in [0.3, 0.4) is 0 Å². The predicted molar refractivity (Wildman–Crippen MR) is 75.0 cm³/mol. The number of phenolic OH excluding ortho intramolecular Hbond substituents is 1. The predicted octanol–water partition coefficient (Wildman–Crippen LogP) is 1.69. The lowest BCUT2D eigenvalue weighted by Crippen LogP contribution is -2.17. The van der Waals surface area contributed by atoms with Crippen LogP contribution in [0.15, 0.2) is 52.2 Å². The van der Waals surface area contributed by atoms with E-state index in [-0.39, 0.29) is 11.3 Å². The number of carbonyl (C=O) groups is 1. The Morgan fingerprint density at radius 1 is 1.19 bits per heavy atom. The maximum absolute atomic E-state index is 11.8. The molecule has 0 aliphatic heterocycles. The second-order valence-electron chi connectivity index (χ2n) is 4.23. The Hall–Kier alpha value is -3.22. The topological polar surface area (TPSA) is 101 Å². The zero-order chi connectivity index (χ0) is 14.7. The van der Waals surface area contributed by atoms with Crippen molar-refractivity contribution < 1.29 is 14.5 Å². The van der Waals surface area contributed by atoms with Crippen molar-refractivity contribution >= 4 is 23.2 Å². The molecule has 3 aromatic rings. The Morgan fingerprint density at radius 2 is 2.00 bits per heavy atom. The van der Waals surface area contributed by atoms with Crippen molar-refractivity contribution in [1.82, 2.24) is 15.7 Å². The number of amides is 1. The molecule has 7 nitrogen and oxygen atoms in total. The van der Waals surface area contributed by atoms with Gasteiger partial charge in [-0.15, -0.1) is 0 Å². The number of aromatic nitrogens is 2. The molecule has 0 spiro atoms. The molecule has 1 amide bonds. The van der Waals surface area contributed by atoms with Crippen LogP contribution in [0.25, 0.3) is 11.0 Å². The number of hydrogen-bond acceptors (Lipinski definition) is 6. The van der Waals surface area contributed by atoms with Gasteiger partial charge in [0.15, 0.2) is 0 Å². The Kier molecular flexibility index (Phi) is 3.30. The molecule has 0 radical (unpaired) electrons. The van der Waals surface area contributed by atoms with Crippen LogP contribution in [0.2, 0.25) is 0 Å². The van der Waals surface area contributed by atoms with Gasteiger partial charge >= 0.3 is 0 Å². The van der Waals surface area contributed by atoms with E-state index in [9.17, 15) is 9.90 Å². The average molecular weight is 282 g/mol. The van der Waals surface area contributed by atoms with Gasteiger partial charge in [-0.25, -0.2) is 10.1 Å². The molecule has 21 heavy (non-hydrogen) atoms. The van der Waals surface area contributed by atoms with Crippen molar-refractivity contribution in [2.24, 2.45) is 5.10 Å². The van der Waals surface area contributed by atoms with E-state index in [1.54, 1.807) is 30.3 Å². The molecule has 1 aromatic heterocycles. The first kappa shape index (κ1) is 12.8. The summed E-state index contributed by atoms with van der Waals surface area (Å²) < 4.78 is 4.59. The summed E-state index contributed by atoms with van der Waals surface area (Å²) in [6.07, 6.45) is 1.46. The number of fused-ring (bicyclic) bond motifs is 1. The van der Waals surface area contributed by atoms with Crippen LogP contribution >= 0.6 is 0 Å². The molecule has 0 atom stereocenters. The number of phenols is 1. The van der Waals surface area contributed by atoms with Gasteiger partial charge in [0.05, 0.1) is 11.8 Å². The summed E-state index contributed by atoms with van der Waals surface area (Å²) >= 11 is 0. The lowest BCUT2D eigenvalue weighted by Gasteiger charge is -2.01. The minimum atomic E-state index is -0.492. The van der Waals surface area contributed by atoms with Crippen molar-refractivity contribution in [2.45, 2.75) is 0 Å². The van der Waals surface area contributed by atoms with Gasteiger partial charge in [-0.05, 0) is 40.1 Å². The van der Waals surface area contributed by atoms with Crippen LogP contribution in [0.4, 0.5) is 0 Å². The van der Waals surface area contributed by atoms with Crippen LogP contribution in [0.1, 0.15) is 15.9 Å². The van der Waals surface area contributed by atoms with Crippen LogP contribution in [0.5, 0.6) is 5.75 Å². The van der Waals surface area contributed by atoms with Gasteiger partial charge in [-0.1, -0.05) is 18.2 Å². The molecule has 7 heteroatoms. The average Bonchev–Trinajstić information content (AvgIpc) is 2.95. The first-order valence-corrected chi connectivity index (χ1v) is 6.08. The number of hydrogen-bond donors (Lipinski definition) is 2. The molecule has 3 rings (SSSR count). The van der Waals surface area contributed by atoms with E-state index in [4.69, 9.17) is 0 Å². The third-order valence-electron chi connectivity index (χ3n) is 2.81. The molecule has 0 saturated carbocycles. The first-order valence-electron chi connectivity index (χ1n) is 6.08. The van der Waals surface area contributed by atoms with Crippen LogP contribution < -0.4 is 5.43 Å². The molecule has 104 valence electrons. The molecule has 0 bridgehead atoms. The molecule has 0 fully saturated rings. The zero-order valence-electron chi connectivity index (χ0n) is 10.7. The molecule has 0 aliphatic carbocycles. The minimum absolute atomic E-state index is 0.0970. The largest absolute Gasteiger partial charge is 0.507 e. The van der Waals surface area contributed by atoms with Gasteiger partial charge in [-0.3, -0.25) is 4.79 Å². The maximum Gasteiger partial charge on any atom is 0.275 e. The highest BCUT2D eigenvalue weighted by atomic mass is 16.6. The number of aromatic hydroxyl groups is 1. The normalized spacial score (nSPS) is 11.0. The minimum Gasteiger partial charge on any atom is -0.507 e. The Bertz CT molecular complexity index is 826. The van der Waals surface area contributed by atoms with Gasteiger partial charge in [0.1, 0.15) is 16.8 Å². The van der Waals surface area contributed by atoms with Crippen LogP contribution in [-0.2, 0) is 0 Å². The quantitative estimate of drug-likeness (QED) is 0.562. The fourth-order valence-electron chi connectivity index (χ4n) is 1.77. The molecular weight excluding hydrogens is 272 g/mol. The SMILES string of the molecule is O=C(N/N=C\c1ccc2nonc2c1)c1ccccc1O. The molecule has 0 saturated heterocycles. The van der Waals surface area contributed by atoms with Gasteiger partial charge in [0.25, 0.3) is 5.91 Å². The lowest BCUT2D eigenvalue weighted by atomic mass is 10.2. The smallest absolute Gasteiger partial charge is 0.275 e. The highest BCUT2D eigenvalue weighted by Gasteiger charge is 2.08. The fourth-order valence-corrected chi connectivity index (χ4v) is 1.77. The third-order valence-corrected chi connectivity index (χ3v) is 2.81. The second kappa shape index (κ2) is 5.41. The standard InChI is InChI=1S/C14H10N4O3/c19-13-4-2-1-3-10(13)14(20)16-15-8-9-5-6-11-12(7-9)18-21-17-11/h1-8,19H,(H,16,20)/b15-8-. The molecule has 0 aliphatic rings. The van der Waals surface area contributed by atoms with E-state index in [2.05, 4.69) is 25.5 Å². The van der Waals surface area contributed by atoms with Crippen LogP contribution in [-0.4, -0.2) is 27.5 Å². The van der Waals surface area contributed by atoms with Gasteiger partial charge in [-0.2, -0.15) is 5.10 Å². The first-order chi connectivity index (χ1) is 10.2. The zero-order valence-corrected chi connectivity index (χ0v) is 10.7. The highest BCUT2D eigenvalue weighted by molar-refractivity contribution is 5.97. The Labute approximate surface area is 118 Å². The summed E-state index contributed by atoms with van der Waals surface area (Å²) in [6, 6.07) is 11.5. The van der Waals surface area contributed by atoms with Crippen molar-refractivity contribution in [3.63, 3.8) is 0 Å². The highest BCUT2D eigenvalue weighted by Crippen LogP contribution is 2.15. The summed E-state index contributed by atoms with van der Waals surface area (Å²) in [7, 11) is 0.